The van der Waals surface area contributed by atoms with Gasteiger partial charge in [0, 0.05) is 25.7 Å². The van der Waals surface area contributed by atoms with Crippen LogP contribution >= 0.6 is 0 Å². The number of unbranched alkanes of at least 4 members (excludes halogenated alkanes) is 1. The summed E-state index contributed by atoms with van der Waals surface area (Å²) in [6.45, 7) is 4.70. The van der Waals surface area contributed by atoms with Crippen molar-refractivity contribution in [2.75, 3.05) is 29.9 Å². The highest BCUT2D eigenvalue weighted by Crippen LogP contribution is 2.26. The van der Waals surface area contributed by atoms with Gasteiger partial charge in [0.2, 0.25) is 5.91 Å². The van der Waals surface area contributed by atoms with Crippen LogP contribution in [0.15, 0.2) is 42.6 Å². The van der Waals surface area contributed by atoms with E-state index in [0.717, 1.165) is 43.2 Å². The number of nitrogens with one attached hydrogen (secondary N) is 1. The molecule has 1 amide bonds. The van der Waals surface area contributed by atoms with Gasteiger partial charge in [-0.15, -0.1) is 0 Å². The Hall–Kier alpha value is -2.56. The topological polar surface area (TPSA) is 54.5 Å². The Balaban J connectivity index is 1.40. The van der Waals surface area contributed by atoms with Gasteiger partial charge in [0.25, 0.3) is 0 Å². The number of amides is 1. The van der Waals surface area contributed by atoms with Crippen LogP contribution in [0.4, 0.5) is 11.5 Å². The molecule has 0 atom stereocenters. The second-order valence-corrected chi connectivity index (χ2v) is 6.74. The van der Waals surface area contributed by atoms with Crippen molar-refractivity contribution >= 4 is 17.4 Å². The van der Waals surface area contributed by atoms with E-state index in [1.807, 2.05) is 43.3 Å². The Kier molecular flexibility index (Phi) is 6.47. The summed E-state index contributed by atoms with van der Waals surface area (Å²) in [7, 11) is 0. The summed E-state index contributed by atoms with van der Waals surface area (Å²) in [6, 6.07) is 11.8. The predicted octanol–water partition coefficient (Wildman–Crippen LogP) is 4.18. The van der Waals surface area contributed by atoms with Crippen LogP contribution in [0, 0.1) is 6.92 Å². The quantitative estimate of drug-likeness (QED) is 0.724. The van der Waals surface area contributed by atoms with E-state index in [2.05, 4.69) is 15.2 Å². The number of pyridine rings is 1. The van der Waals surface area contributed by atoms with Gasteiger partial charge in [-0.2, -0.15) is 0 Å². The lowest BCUT2D eigenvalue weighted by Crippen LogP contribution is -2.22. The monoisotopic (exact) mass is 353 g/mol. The molecule has 1 aliphatic rings. The van der Waals surface area contributed by atoms with Gasteiger partial charge in [-0.25, -0.2) is 4.98 Å². The van der Waals surface area contributed by atoms with E-state index in [4.69, 9.17) is 4.74 Å². The second-order valence-electron chi connectivity index (χ2n) is 6.74. The molecular formula is C21H27N3O2. The lowest BCUT2D eigenvalue weighted by atomic mass is 10.2. The Morgan fingerprint density at radius 3 is 2.85 bits per heavy atom. The predicted molar refractivity (Wildman–Crippen MR) is 105 cm³/mol. The molecule has 3 rings (SSSR count). The molecule has 1 aliphatic heterocycles. The summed E-state index contributed by atoms with van der Waals surface area (Å²) < 4.78 is 5.73. The number of rotatable bonds is 8. The summed E-state index contributed by atoms with van der Waals surface area (Å²) in [5.41, 5.74) is 2.00. The van der Waals surface area contributed by atoms with Crippen LogP contribution in [-0.2, 0) is 4.79 Å². The lowest BCUT2D eigenvalue weighted by molar-refractivity contribution is -0.116. The molecule has 5 nitrogen and oxygen atoms in total. The zero-order valence-electron chi connectivity index (χ0n) is 15.4. The van der Waals surface area contributed by atoms with Crippen LogP contribution in [0.25, 0.3) is 0 Å². The number of hydrogen-bond donors (Lipinski definition) is 1. The summed E-state index contributed by atoms with van der Waals surface area (Å²) in [6.07, 6.45) is 6.30. The van der Waals surface area contributed by atoms with E-state index >= 15 is 0 Å². The summed E-state index contributed by atoms with van der Waals surface area (Å²) in [5, 5.41) is 3.02. The van der Waals surface area contributed by atoms with Crippen LogP contribution in [0.1, 0.15) is 37.7 Å². The zero-order valence-corrected chi connectivity index (χ0v) is 15.4. The van der Waals surface area contributed by atoms with E-state index in [-0.39, 0.29) is 5.91 Å². The molecule has 0 saturated carbocycles. The third-order valence-electron chi connectivity index (χ3n) is 4.52. The maximum Gasteiger partial charge on any atom is 0.224 e. The van der Waals surface area contributed by atoms with Crippen molar-refractivity contribution in [3.05, 3.63) is 48.2 Å². The van der Waals surface area contributed by atoms with Gasteiger partial charge in [-0.1, -0.05) is 12.1 Å². The minimum atomic E-state index is 0.0361. The van der Waals surface area contributed by atoms with E-state index in [0.29, 0.717) is 13.0 Å². The first kappa shape index (κ1) is 18.2. The highest BCUT2D eigenvalue weighted by atomic mass is 16.5. The number of carbonyl (C=O) groups excluding carboxylic acids is 1. The average molecular weight is 353 g/mol. The molecule has 0 radical (unpaired) electrons. The fourth-order valence-corrected chi connectivity index (χ4v) is 3.17. The largest absolute Gasteiger partial charge is 0.494 e. The van der Waals surface area contributed by atoms with Gasteiger partial charge in [-0.3, -0.25) is 4.79 Å². The molecule has 5 heteroatoms. The number of carbonyl (C=O) groups is 1. The van der Waals surface area contributed by atoms with Crippen molar-refractivity contribution in [3.63, 3.8) is 0 Å². The molecule has 1 N–H and O–H groups in total. The third-order valence-corrected chi connectivity index (χ3v) is 4.52. The van der Waals surface area contributed by atoms with Crippen LogP contribution < -0.4 is 15.0 Å². The molecule has 0 spiro atoms. The molecule has 26 heavy (non-hydrogen) atoms. The minimum Gasteiger partial charge on any atom is -0.494 e. The maximum atomic E-state index is 12.3. The molecule has 1 saturated heterocycles. The first-order valence-electron chi connectivity index (χ1n) is 9.42. The SMILES string of the molecule is Cc1cccc(OCCCCC(=O)Nc2cccnc2N2CCCC2)c1. The number of aromatic nitrogens is 1. The molecule has 2 heterocycles. The Labute approximate surface area is 155 Å². The normalized spacial score (nSPS) is 13.7. The molecule has 1 aromatic carbocycles. The first-order valence-corrected chi connectivity index (χ1v) is 9.42. The van der Waals surface area contributed by atoms with Crippen LogP contribution in [-0.4, -0.2) is 30.6 Å². The second kappa shape index (κ2) is 9.22. The van der Waals surface area contributed by atoms with Crippen LogP contribution in [0.3, 0.4) is 0 Å². The van der Waals surface area contributed by atoms with Crippen LogP contribution in [0.2, 0.25) is 0 Å². The minimum absolute atomic E-state index is 0.0361. The van der Waals surface area contributed by atoms with Crippen molar-refractivity contribution < 1.29 is 9.53 Å². The summed E-state index contributed by atoms with van der Waals surface area (Å²) in [5.74, 6) is 1.81. The van der Waals surface area contributed by atoms with Gasteiger partial charge in [0.15, 0.2) is 5.82 Å². The molecule has 2 aromatic rings. The molecule has 0 bridgehead atoms. The molecule has 138 valence electrons. The molecular weight excluding hydrogens is 326 g/mol. The number of ether oxygens (including phenoxy) is 1. The highest BCUT2D eigenvalue weighted by Gasteiger charge is 2.17. The van der Waals surface area contributed by atoms with Crippen molar-refractivity contribution in [3.8, 4) is 5.75 Å². The Morgan fingerprint density at radius 1 is 1.19 bits per heavy atom. The van der Waals surface area contributed by atoms with Crippen LogP contribution in [0.5, 0.6) is 5.75 Å². The zero-order chi connectivity index (χ0) is 18.2. The van der Waals surface area contributed by atoms with E-state index in [1.165, 1.54) is 18.4 Å². The van der Waals surface area contributed by atoms with E-state index in [1.54, 1.807) is 6.20 Å². The Bertz CT molecular complexity index is 727. The van der Waals surface area contributed by atoms with Crippen molar-refractivity contribution in [2.45, 2.75) is 39.0 Å². The smallest absolute Gasteiger partial charge is 0.224 e. The van der Waals surface area contributed by atoms with E-state index < -0.39 is 0 Å². The van der Waals surface area contributed by atoms with Gasteiger partial charge in [0.1, 0.15) is 5.75 Å². The maximum absolute atomic E-state index is 12.3. The van der Waals surface area contributed by atoms with E-state index in [9.17, 15) is 4.79 Å². The fourth-order valence-electron chi connectivity index (χ4n) is 3.17. The standard InChI is InChI=1S/C21H27N3O2/c1-17-8-6-9-18(16-17)26-15-5-2-11-20(25)23-19-10-7-12-22-21(19)24-13-3-4-14-24/h6-10,12,16H,2-5,11,13-15H2,1H3,(H,23,25). The highest BCUT2D eigenvalue weighted by molar-refractivity contribution is 5.93. The Morgan fingerprint density at radius 2 is 2.04 bits per heavy atom. The number of hydrogen-bond acceptors (Lipinski definition) is 4. The number of nitrogens with zero attached hydrogens (tertiary/aromatic N) is 2. The molecule has 0 unspecified atom stereocenters. The van der Waals surface area contributed by atoms with Gasteiger partial charge >= 0.3 is 0 Å². The molecule has 1 aromatic heterocycles. The summed E-state index contributed by atoms with van der Waals surface area (Å²) in [4.78, 5) is 19.0. The first-order chi connectivity index (χ1) is 12.7. The lowest BCUT2D eigenvalue weighted by Gasteiger charge is -2.19. The fraction of sp³-hybridized carbons (Fsp3) is 0.429. The number of aryl methyl sites for hydroxylation is 1. The van der Waals surface area contributed by atoms with Crippen molar-refractivity contribution in [1.82, 2.24) is 4.98 Å². The summed E-state index contributed by atoms with van der Waals surface area (Å²) >= 11 is 0. The number of anilines is 2. The van der Waals surface area contributed by atoms with Gasteiger partial charge < -0.3 is 15.0 Å². The van der Waals surface area contributed by atoms with Crippen molar-refractivity contribution in [1.29, 1.82) is 0 Å². The molecule has 1 fully saturated rings. The molecule has 0 aliphatic carbocycles. The average Bonchev–Trinajstić information content (AvgIpc) is 3.16. The van der Waals surface area contributed by atoms with Gasteiger partial charge in [-0.05, 0) is 62.4 Å². The number of benzene rings is 1. The van der Waals surface area contributed by atoms with Crippen molar-refractivity contribution in [2.24, 2.45) is 0 Å². The third kappa shape index (κ3) is 5.22. The van der Waals surface area contributed by atoms with Gasteiger partial charge in [0.05, 0.1) is 12.3 Å².